The van der Waals surface area contributed by atoms with E-state index >= 15 is 0 Å². The molecule has 0 spiro atoms. The maximum Gasteiger partial charge on any atom is 0.277 e. The number of nitrogens with zero attached hydrogens (tertiary/aromatic N) is 2. The van der Waals surface area contributed by atoms with Gasteiger partial charge in [-0.2, -0.15) is 0 Å². The van der Waals surface area contributed by atoms with Gasteiger partial charge in [0.1, 0.15) is 18.0 Å². The maximum atomic E-state index is 12.7. The first kappa shape index (κ1) is 20.0. The fourth-order valence-electron chi connectivity index (χ4n) is 3.57. The van der Waals surface area contributed by atoms with E-state index in [0.29, 0.717) is 6.54 Å². The molecule has 0 aliphatic carbocycles. The number of carbonyl (C=O) groups is 1. The van der Waals surface area contributed by atoms with Gasteiger partial charge >= 0.3 is 0 Å². The van der Waals surface area contributed by atoms with Crippen molar-refractivity contribution in [3.63, 3.8) is 0 Å². The molecule has 1 aliphatic heterocycles. The fourth-order valence-corrected chi connectivity index (χ4v) is 3.57. The van der Waals surface area contributed by atoms with Crippen molar-refractivity contribution in [2.75, 3.05) is 58.9 Å². The molecule has 0 aromatic heterocycles. The van der Waals surface area contributed by atoms with Crippen LogP contribution in [0.4, 0.5) is 5.69 Å². The average molecular weight is 385 g/mol. The molecule has 2 aromatic rings. The lowest BCUT2D eigenvalue weighted by Gasteiger charge is -2.36. The molecular formula is C22H30N3O3+. The number of ether oxygens (including phenoxy) is 2. The minimum Gasteiger partial charge on any atom is -0.497 e. The first-order valence-electron chi connectivity index (χ1n) is 9.70. The number of likely N-dealkylation sites (N-methyl/N-ethyl adjacent to an activating group) is 1. The Morgan fingerprint density at radius 1 is 0.964 bits per heavy atom. The van der Waals surface area contributed by atoms with Crippen molar-refractivity contribution in [1.82, 2.24) is 4.90 Å². The lowest BCUT2D eigenvalue weighted by Crippen LogP contribution is -3.09. The summed E-state index contributed by atoms with van der Waals surface area (Å²) in [5.41, 5.74) is 2.35. The highest BCUT2D eigenvalue weighted by Gasteiger charge is 2.23. The Labute approximate surface area is 167 Å². The van der Waals surface area contributed by atoms with Crippen LogP contribution < -0.4 is 19.3 Å². The van der Waals surface area contributed by atoms with Crippen LogP contribution in [0.1, 0.15) is 5.56 Å². The molecular weight excluding hydrogens is 354 g/mol. The number of benzene rings is 2. The maximum absolute atomic E-state index is 12.7. The van der Waals surface area contributed by atoms with Gasteiger partial charge in [0.15, 0.2) is 6.54 Å². The van der Waals surface area contributed by atoms with E-state index in [4.69, 9.17) is 9.47 Å². The van der Waals surface area contributed by atoms with Crippen LogP contribution in [0.5, 0.6) is 11.5 Å². The summed E-state index contributed by atoms with van der Waals surface area (Å²) >= 11 is 0. The topological polar surface area (TPSA) is 46.5 Å². The minimum absolute atomic E-state index is 0.217. The Bertz CT molecular complexity index is 771. The van der Waals surface area contributed by atoms with Gasteiger partial charge in [-0.05, 0) is 36.4 Å². The van der Waals surface area contributed by atoms with Gasteiger partial charge in [0.25, 0.3) is 5.91 Å². The molecule has 1 unspecified atom stereocenters. The molecule has 1 heterocycles. The van der Waals surface area contributed by atoms with Gasteiger partial charge in [-0.1, -0.05) is 12.1 Å². The summed E-state index contributed by atoms with van der Waals surface area (Å²) in [6.07, 6.45) is 0. The van der Waals surface area contributed by atoms with Gasteiger partial charge in [0, 0.05) is 37.4 Å². The van der Waals surface area contributed by atoms with Crippen molar-refractivity contribution in [1.29, 1.82) is 0 Å². The molecule has 3 rings (SSSR count). The molecule has 28 heavy (non-hydrogen) atoms. The molecule has 1 aliphatic rings. The number of hydrogen-bond donors (Lipinski definition) is 1. The normalized spacial score (nSPS) is 15.2. The summed E-state index contributed by atoms with van der Waals surface area (Å²) in [5, 5.41) is 0. The Kier molecular flexibility index (Phi) is 6.76. The van der Waals surface area contributed by atoms with Crippen LogP contribution >= 0.6 is 0 Å². The monoisotopic (exact) mass is 384 g/mol. The summed E-state index contributed by atoms with van der Waals surface area (Å²) in [7, 11) is 5.41. The van der Waals surface area contributed by atoms with E-state index in [9.17, 15) is 4.79 Å². The van der Waals surface area contributed by atoms with Crippen molar-refractivity contribution in [2.24, 2.45) is 0 Å². The first-order valence-corrected chi connectivity index (χ1v) is 9.70. The third-order valence-corrected chi connectivity index (χ3v) is 5.16. The van der Waals surface area contributed by atoms with Crippen LogP contribution in [0, 0.1) is 0 Å². The zero-order valence-electron chi connectivity index (χ0n) is 17.0. The predicted octanol–water partition coefficient (Wildman–Crippen LogP) is 1.07. The van der Waals surface area contributed by atoms with Gasteiger partial charge in [-0.25, -0.2) is 0 Å². The first-order chi connectivity index (χ1) is 13.6. The molecule has 1 N–H and O–H groups in total. The quantitative estimate of drug-likeness (QED) is 0.776. The predicted molar refractivity (Wildman–Crippen MR) is 110 cm³/mol. The lowest BCUT2D eigenvalue weighted by atomic mass is 10.2. The van der Waals surface area contributed by atoms with Gasteiger partial charge in [-0.15, -0.1) is 0 Å². The summed E-state index contributed by atoms with van der Waals surface area (Å²) in [5.74, 6) is 1.93. The van der Waals surface area contributed by atoms with Crippen LogP contribution in [0.2, 0.25) is 0 Å². The zero-order valence-corrected chi connectivity index (χ0v) is 17.0. The molecule has 1 fully saturated rings. The Balaban J connectivity index is 1.47. The number of quaternary nitrogens is 1. The number of amides is 1. The van der Waals surface area contributed by atoms with Crippen molar-refractivity contribution in [3.05, 3.63) is 54.1 Å². The second-order valence-corrected chi connectivity index (χ2v) is 7.23. The van der Waals surface area contributed by atoms with Gasteiger partial charge in [0.05, 0.1) is 21.3 Å². The van der Waals surface area contributed by atoms with Crippen LogP contribution in [-0.2, 0) is 11.3 Å². The number of carbonyl (C=O) groups excluding carboxylic acids is 1. The largest absolute Gasteiger partial charge is 0.497 e. The van der Waals surface area contributed by atoms with E-state index in [2.05, 4.69) is 30.1 Å². The highest BCUT2D eigenvalue weighted by Crippen LogP contribution is 2.20. The Morgan fingerprint density at radius 3 is 2.29 bits per heavy atom. The molecule has 6 nitrogen and oxygen atoms in total. The van der Waals surface area contributed by atoms with Crippen LogP contribution in [0.3, 0.4) is 0 Å². The molecule has 0 saturated carbocycles. The van der Waals surface area contributed by atoms with Crippen LogP contribution in [0.15, 0.2) is 48.5 Å². The summed E-state index contributed by atoms with van der Waals surface area (Å²) in [6, 6.07) is 16.1. The van der Waals surface area contributed by atoms with E-state index in [-0.39, 0.29) is 5.91 Å². The highest BCUT2D eigenvalue weighted by atomic mass is 16.5. The standard InChI is InChI=1S/C22H29N3O3/c1-23(16-18-5-4-6-21(15-18)28-3)17-22(26)25-13-11-24(12-14-25)19-7-9-20(27-2)10-8-19/h4-10,15H,11-14,16-17H2,1-3H3/p+1. The third kappa shape index (κ3) is 5.16. The summed E-state index contributed by atoms with van der Waals surface area (Å²) in [4.78, 5) is 18.2. The average Bonchev–Trinajstić information content (AvgIpc) is 2.74. The molecule has 1 amide bonds. The van der Waals surface area contributed by atoms with Gasteiger partial charge in [0.2, 0.25) is 0 Å². The fraction of sp³-hybridized carbons (Fsp3) is 0.409. The van der Waals surface area contributed by atoms with E-state index in [1.165, 1.54) is 16.2 Å². The molecule has 0 radical (unpaired) electrons. The van der Waals surface area contributed by atoms with Crippen molar-refractivity contribution >= 4 is 11.6 Å². The van der Waals surface area contributed by atoms with Crippen molar-refractivity contribution < 1.29 is 19.2 Å². The van der Waals surface area contributed by atoms with E-state index < -0.39 is 0 Å². The second-order valence-electron chi connectivity index (χ2n) is 7.23. The van der Waals surface area contributed by atoms with Crippen molar-refractivity contribution in [2.45, 2.75) is 6.54 Å². The zero-order chi connectivity index (χ0) is 19.9. The Morgan fingerprint density at radius 2 is 1.64 bits per heavy atom. The molecule has 1 atom stereocenters. The van der Waals surface area contributed by atoms with E-state index in [1.54, 1.807) is 14.2 Å². The van der Waals surface area contributed by atoms with Gasteiger partial charge in [-0.3, -0.25) is 4.79 Å². The minimum atomic E-state index is 0.217. The number of piperazine rings is 1. The number of anilines is 1. The van der Waals surface area contributed by atoms with E-state index in [0.717, 1.165) is 44.2 Å². The number of rotatable bonds is 7. The second kappa shape index (κ2) is 9.46. The van der Waals surface area contributed by atoms with Crippen LogP contribution in [-0.4, -0.2) is 64.8 Å². The smallest absolute Gasteiger partial charge is 0.277 e. The molecule has 1 saturated heterocycles. The molecule has 150 valence electrons. The highest BCUT2D eigenvalue weighted by molar-refractivity contribution is 5.77. The van der Waals surface area contributed by atoms with Crippen molar-refractivity contribution in [3.8, 4) is 11.5 Å². The van der Waals surface area contributed by atoms with Crippen LogP contribution in [0.25, 0.3) is 0 Å². The van der Waals surface area contributed by atoms with Gasteiger partial charge < -0.3 is 24.2 Å². The molecule has 2 aromatic carbocycles. The number of nitrogens with one attached hydrogen (secondary N) is 1. The number of hydrogen-bond acceptors (Lipinski definition) is 4. The summed E-state index contributed by atoms with van der Waals surface area (Å²) < 4.78 is 10.5. The lowest BCUT2D eigenvalue weighted by molar-refractivity contribution is -0.885. The Hall–Kier alpha value is -2.73. The van der Waals surface area contributed by atoms with E-state index in [1.807, 2.05) is 35.2 Å². The third-order valence-electron chi connectivity index (χ3n) is 5.16. The molecule has 0 bridgehead atoms. The SMILES string of the molecule is COc1ccc(N2CCN(C(=O)C[NH+](C)Cc3cccc(OC)c3)CC2)cc1. The molecule has 6 heteroatoms. The summed E-state index contributed by atoms with van der Waals surface area (Å²) in [6.45, 7) is 4.53. The number of methoxy groups -OCH3 is 2.